The van der Waals surface area contributed by atoms with Crippen molar-refractivity contribution in [3.8, 4) is 0 Å². The van der Waals surface area contributed by atoms with Crippen LogP contribution in [0.25, 0.3) is 0 Å². The highest BCUT2D eigenvalue weighted by molar-refractivity contribution is 9.09. The van der Waals surface area contributed by atoms with Crippen LogP contribution in [0.15, 0.2) is 12.2 Å². The second kappa shape index (κ2) is 9.39. The summed E-state index contributed by atoms with van der Waals surface area (Å²) in [6.45, 7) is 3.93. The molecule has 0 heterocycles. The summed E-state index contributed by atoms with van der Waals surface area (Å²) in [6.07, 6.45) is 3.89. The van der Waals surface area contributed by atoms with Crippen LogP contribution in [-0.2, 0) is 19.1 Å². The first-order chi connectivity index (χ1) is 7.67. The van der Waals surface area contributed by atoms with E-state index < -0.39 is 17.9 Å². The van der Waals surface area contributed by atoms with Crippen LogP contribution in [-0.4, -0.2) is 30.5 Å². The lowest BCUT2D eigenvalue weighted by atomic mass is 10.1. The fourth-order valence-corrected chi connectivity index (χ4v) is 1.33. The molecule has 0 aliphatic rings. The third kappa shape index (κ3) is 5.90. The van der Waals surface area contributed by atoms with Crippen molar-refractivity contribution in [2.24, 2.45) is 5.92 Å². The van der Waals surface area contributed by atoms with E-state index in [1.165, 1.54) is 0 Å². The Morgan fingerprint density at radius 3 is 2.00 bits per heavy atom. The van der Waals surface area contributed by atoms with Gasteiger partial charge in [0, 0.05) is 5.33 Å². The summed E-state index contributed by atoms with van der Waals surface area (Å²) in [7, 11) is 0. The van der Waals surface area contributed by atoms with Crippen LogP contribution in [0.2, 0.25) is 0 Å². The Morgan fingerprint density at radius 1 is 1.12 bits per heavy atom. The third-order valence-electron chi connectivity index (χ3n) is 1.77. The zero-order valence-corrected chi connectivity index (χ0v) is 11.2. The third-order valence-corrected chi connectivity index (χ3v) is 2.14. The topological polar surface area (TPSA) is 52.6 Å². The molecule has 0 bridgehead atoms. The normalized spacial score (nSPS) is 10.8. The number of ether oxygens (including phenoxy) is 2. The van der Waals surface area contributed by atoms with E-state index in [0.717, 1.165) is 0 Å². The quantitative estimate of drug-likeness (QED) is 0.312. The second-order valence-electron chi connectivity index (χ2n) is 2.92. The van der Waals surface area contributed by atoms with Gasteiger partial charge in [-0.3, -0.25) is 9.59 Å². The maximum atomic E-state index is 11.5. The molecule has 0 aromatic heterocycles. The molecule has 0 rings (SSSR count). The molecule has 0 unspecified atom stereocenters. The molecule has 0 atom stereocenters. The molecular formula is C11H17BrO4. The molecule has 5 heteroatoms. The molecule has 0 fully saturated rings. The Bertz CT molecular complexity index is 232. The first kappa shape index (κ1) is 15.2. The molecule has 0 aliphatic carbocycles. The maximum absolute atomic E-state index is 11.5. The summed E-state index contributed by atoms with van der Waals surface area (Å²) in [4.78, 5) is 23.0. The molecule has 0 spiro atoms. The molecule has 92 valence electrons. The van der Waals surface area contributed by atoms with Gasteiger partial charge in [-0.05, 0) is 20.3 Å². The lowest BCUT2D eigenvalue weighted by Crippen LogP contribution is -2.27. The van der Waals surface area contributed by atoms with Gasteiger partial charge in [0.05, 0.1) is 13.2 Å². The first-order valence-electron chi connectivity index (χ1n) is 5.21. The number of hydrogen-bond donors (Lipinski definition) is 0. The van der Waals surface area contributed by atoms with Gasteiger partial charge in [-0.25, -0.2) is 0 Å². The Hall–Kier alpha value is -0.840. The van der Waals surface area contributed by atoms with Gasteiger partial charge >= 0.3 is 11.9 Å². The van der Waals surface area contributed by atoms with Crippen LogP contribution in [0.4, 0.5) is 0 Å². The van der Waals surface area contributed by atoms with Crippen LogP contribution >= 0.6 is 15.9 Å². The van der Waals surface area contributed by atoms with Gasteiger partial charge in [-0.15, -0.1) is 0 Å². The molecule has 0 aromatic carbocycles. The highest BCUT2D eigenvalue weighted by Gasteiger charge is 2.27. The van der Waals surface area contributed by atoms with Crippen LogP contribution in [0, 0.1) is 5.92 Å². The summed E-state index contributed by atoms with van der Waals surface area (Å²) in [6, 6.07) is 0. The Labute approximate surface area is 104 Å². The van der Waals surface area contributed by atoms with Crippen molar-refractivity contribution >= 4 is 27.9 Å². The highest BCUT2D eigenvalue weighted by atomic mass is 79.9. The van der Waals surface area contributed by atoms with Gasteiger partial charge in [0.25, 0.3) is 0 Å². The van der Waals surface area contributed by atoms with Crippen molar-refractivity contribution in [3.63, 3.8) is 0 Å². The smallest absolute Gasteiger partial charge is 0.320 e. The van der Waals surface area contributed by atoms with Gasteiger partial charge in [0.15, 0.2) is 5.92 Å². The van der Waals surface area contributed by atoms with Crippen molar-refractivity contribution in [2.45, 2.75) is 20.3 Å². The molecule has 0 radical (unpaired) electrons. The molecule has 0 N–H and O–H groups in total. The number of carbonyl (C=O) groups is 2. The van der Waals surface area contributed by atoms with E-state index in [9.17, 15) is 9.59 Å². The predicted octanol–water partition coefficient (Wildman–Crippen LogP) is 2.07. The second-order valence-corrected chi connectivity index (χ2v) is 3.57. The molecule has 4 nitrogen and oxygen atoms in total. The van der Waals surface area contributed by atoms with Gasteiger partial charge in [-0.1, -0.05) is 28.1 Å². The van der Waals surface area contributed by atoms with E-state index in [4.69, 9.17) is 9.47 Å². The van der Waals surface area contributed by atoms with E-state index in [-0.39, 0.29) is 13.2 Å². The molecule has 16 heavy (non-hydrogen) atoms. The van der Waals surface area contributed by atoms with E-state index in [1.807, 2.05) is 6.08 Å². The zero-order valence-electron chi connectivity index (χ0n) is 9.57. The summed E-state index contributed by atoms with van der Waals surface area (Å²) in [5.74, 6) is -1.91. The van der Waals surface area contributed by atoms with Crippen molar-refractivity contribution in [1.29, 1.82) is 0 Å². The Kier molecular flexibility index (Phi) is 8.90. The van der Waals surface area contributed by atoms with E-state index in [0.29, 0.717) is 11.8 Å². The van der Waals surface area contributed by atoms with E-state index in [2.05, 4.69) is 15.9 Å². The average molecular weight is 293 g/mol. The van der Waals surface area contributed by atoms with Gasteiger partial charge in [0.1, 0.15) is 0 Å². The first-order valence-corrected chi connectivity index (χ1v) is 6.33. The minimum atomic E-state index is -0.852. The van der Waals surface area contributed by atoms with E-state index >= 15 is 0 Å². The van der Waals surface area contributed by atoms with Crippen LogP contribution in [0.1, 0.15) is 20.3 Å². The zero-order chi connectivity index (χ0) is 12.4. The predicted molar refractivity (Wildman–Crippen MR) is 64.3 cm³/mol. The Balaban J connectivity index is 4.42. The van der Waals surface area contributed by atoms with Gasteiger partial charge in [-0.2, -0.15) is 0 Å². The van der Waals surface area contributed by atoms with Crippen molar-refractivity contribution < 1.29 is 19.1 Å². The average Bonchev–Trinajstić information content (AvgIpc) is 2.25. The monoisotopic (exact) mass is 292 g/mol. The molecule has 0 amide bonds. The maximum Gasteiger partial charge on any atom is 0.320 e. The number of hydrogen-bond acceptors (Lipinski definition) is 4. The fraction of sp³-hybridized carbons (Fsp3) is 0.636. The molecular weight excluding hydrogens is 276 g/mol. The fourth-order valence-electron chi connectivity index (χ4n) is 1.07. The number of rotatable bonds is 7. The number of allylic oxidation sites excluding steroid dienone is 2. The molecule has 0 saturated carbocycles. The lowest BCUT2D eigenvalue weighted by molar-refractivity contribution is -0.161. The summed E-state index contributed by atoms with van der Waals surface area (Å²) in [5, 5.41) is 0.686. The SMILES string of the molecule is CCOC(=O)C(C/C=C/CBr)C(=O)OCC. The standard InChI is InChI=1S/C11H17BrO4/c1-3-15-10(13)9(7-5-6-8-12)11(14)16-4-2/h5-6,9H,3-4,7-8H2,1-2H3/b6-5+. The summed E-state index contributed by atoms with van der Waals surface area (Å²) in [5.41, 5.74) is 0. The van der Waals surface area contributed by atoms with Crippen molar-refractivity contribution in [1.82, 2.24) is 0 Å². The minimum absolute atomic E-state index is 0.261. The molecule has 0 saturated heterocycles. The van der Waals surface area contributed by atoms with Gasteiger partial charge < -0.3 is 9.47 Å². The summed E-state index contributed by atoms with van der Waals surface area (Å²) >= 11 is 3.22. The van der Waals surface area contributed by atoms with Crippen molar-refractivity contribution in [2.75, 3.05) is 18.5 Å². The number of carbonyl (C=O) groups excluding carboxylic acids is 2. The Morgan fingerprint density at radius 2 is 1.62 bits per heavy atom. The van der Waals surface area contributed by atoms with Crippen LogP contribution in [0.5, 0.6) is 0 Å². The van der Waals surface area contributed by atoms with E-state index in [1.54, 1.807) is 19.9 Å². The lowest BCUT2D eigenvalue weighted by Gasteiger charge is -2.12. The largest absolute Gasteiger partial charge is 0.465 e. The number of halogens is 1. The molecule has 0 aliphatic heterocycles. The van der Waals surface area contributed by atoms with Crippen LogP contribution in [0.3, 0.4) is 0 Å². The van der Waals surface area contributed by atoms with Crippen molar-refractivity contribution in [3.05, 3.63) is 12.2 Å². The number of esters is 2. The number of alkyl halides is 1. The summed E-state index contributed by atoms with van der Waals surface area (Å²) < 4.78 is 9.63. The molecule has 0 aromatic rings. The highest BCUT2D eigenvalue weighted by Crippen LogP contribution is 2.10. The van der Waals surface area contributed by atoms with Gasteiger partial charge in [0.2, 0.25) is 0 Å². The van der Waals surface area contributed by atoms with Crippen LogP contribution < -0.4 is 0 Å². The minimum Gasteiger partial charge on any atom is -0.465 e.